The van der Waals surface area contributed by atoms with Crippen LogP contribution in [0.3, 0.4) is 0 Å². The van der Waals surface area contributed by atoms with E-state index < -0.39 is 42.5 Å². The summed E-state index contributed by atoms with van der Waals surface area (Å²) >= 11 is 4.02. The highest BCUT2D eigenvalue weighted by molar-refractivity contribution is 7.80. The predicted molar refractivity (Wildman–Crippen MR) is 101 cm³/mol. The van der Waals surface area contributed by atoms with Crippen molar-refractivity contribution in [1.82, 2.24) is 25.5 Å². The third kappa shape index (κ3) is 5.70. The van der Waals surface area contributed by atoms with Crippen molar-refractivity contribution in [3.05, 3.63) is 18.2 Å². The Morgan fingerprint density at radius 1 is 1.43 bits per heavy atom. The third-order valence-electron chi connectivity index (χ3n) is 4.38. The number of carboxylic acids is 1. The lowest BCUT2D eigenvalue weighted by Crippen LogP contribution is -2.56. The van der Waals surface area contributed by atoms with Gasteiger partial charge in [0.15, 0.2) is 0 Å². The first-order valence-electron chi connectivity index (χ1n) is 8.77. The summed E-state index contributed by atoms with van der Waals surface area (Å²) < 4.78 is 0. The maximum atomic E-state index is 12.8. The molecule has 1 fully saturated rings. The number of carbonyl (C=O) groups is 4. The quantitative estimate of drug-likeness (QED) is 0.252. The first-order valence-corrected chi connectivity index (χ1v) is 9.40. The van der Waals surface area contributed by atoms with E-state index in [0.29, 0.717) is 25.1 Å². The van der Waals surface area contributed by atoms with Crippen molar-refractivity contribution in [2.45, 2.75) is 37.4 Å². The standard InChI is InChI=1S/C16H24N6O5S/c17-10(7-28)16(27)22-3-1-2-12(22)15(26)21-11(4-9-5-18-8-20-9)14(25)19-6-13(23)24/h5,8,10-12,28H,1-4,6-7,17H2,(H,18,20)(H,19,25)(H,21,26)(H,23,24). The minimum atomic E-state index is -1.20. The number of amides is 3. The zero-order valence-corrected chi connectivity index (χ0v) is 16.0. The van der Waals surface area contributed by atoms with Crippen molar-refractivity contribution in [2.24, 2.45) is 5.73 Å². The average molecular weight is 412 g/mol. The second kappa shape index (κ2) is 10.1. The van der Waals surface area contributed by atoms with E-state index in [1.807, 2.05) is 0 Å². The third-order valence-corrected chi connectivity index (χ3v) is 4.77. The van der Waals surface area contributed by atoms with Crippen LogP contribution in [-0.2, 0) is 25.6 Å². The molecular weight excluding hydrogens is 388 g/mol. The lowest BCUT2D eigenvalue weighted by atomic mass is 10.1. The molecule has 0 aliphatic carbocycles. The number of aromatic amines is 1. The number of H-pyrrole nitrogens is 1. The summed E-state index contributed by atoms with van der Waals surface area (Å²) in [5, 5.41) is 13.6. The van der Waals surface area contributed by atoms with Crippen LogP contribution in [0.25, 0.3) is 0 Å². The second-order valence-corrected chi connectivity index (χ2v) is 6.80. The van der Waals surface area contributed by atoms with Gasteiger partial charge in [-0.05, 0) is 12.8 Å². The van der Waals surface area contributed by atoms with Crippen LogP contribution in [0.1, 0.15) is 18.5 Å². The summed E-state index contributed by atoms with van der Waals surface area (Å²) in [6.07, 6.45) is 4.11. The van der Waals surface area contributed by atoms with Crippen molar-refractivity contribution in [3.63, 3.8) is 0 Å². The Bertz CT molecular complexity index is 712. The van der Waals surface area contributed by atoms with E-state index in [4.69, 9.17) is 10.8 Å². The molecule has 0 aromatic carbocycles. The predicted octanol–water partition coefficient (Wildman–Crippen LogP) is -2.11. The number of nitrogens with two attached hydrogens (primary N) is 1. The van der Waals surface area contributed by atoms with Crippen LogP contribution in [0.15, 0.2) is 12.5 Å². The normalized spacial score (nSPS) is 18.4. The van der Waals surface area contributed by atoms with Gasteiger partial charge >= 0.3 is 5.97 Å². The highest BCUT2D eigenvalue weighted by Gasteiger charge is 2.37. The van der Waals surface area contributed by atoms with Crippen molar-refractivity contribution in [1.29, 1.82) is 0 Å². The zero-order valence-electron chi connectivity index (χ0n) is 15.1. The van der Waals surface area contributed by atoms with Crippen molar-refractivity contribution in [2.75, 3.05) is 18.8 Å². The molecule has 2 rings (SSSR count). The molecule has 1 aromatic rings. The van der Waals surface area contributed by atoms with Crippen LogP contribution in [0.5, 0.6) is 0 Å². The average Bonchev–Trinajstić information content (AvgIpc) is 3.35. The van der Waals surface area contributed by atoms with E-state index in [0.717, 1.165) is 0 Å². The largest absolute Gasteiger partial charge is 0.480 e. The molecule has 0 radical (unpaired) electrons. The van der Waals surface area contributed by atoms with E-state index in [2.05, 4.69) is 33.2 Å². The Morgan fingerprint density at radius 2 is 2.18 bits per heavy atom. The van der Waals surface area contributed by atoms with E-state index in [-0.39, 0.29) is 18.1 Å². The number of aliphatic carboxylic acids is 1. The van der Waals surface area contributed by atoms with Gasteiger partial charge in [0.1, 0.15) is 18.6 Å². The number of thiol groups is 1. The minimum Gasteiger partial charge on any atom is -0.480 e. The Hall–Kier alpha value is -2.60. The Kier molecular flexibility index (Phi) is 7.81. The molecular formula is C16H24N6O5S. The van der Waals surface area contributed by atoms with Gasteiger partial charge in [-0.25, -0.2) is 4.98 Å². The van der Waals surface area contributed by atoms with E-state index >= 15 is 0 Å². The maximum Gasteiger partial charge on any atom is 0.322 e. The van der Waals surface area contributed by atoms with Gasteiger partial charge in [0.2, 0.25) is 17.7 Å². The molecule has 3 unspecified atom stereocenters. The SMILES string of the molecule is NC(CS)C(=O)N1CCCC1C(=O)NC(Cc1cnc[nH]1)C(=O)NCC(=O)O. The fraction of sp³-hybridized carbons (Fsp3) is 0.562. The van der Waals surface area contributed by atoms with E-state index in [1.165, 1.54) is 17.4 Å². The Labute approximate surface area is 166 Å². The van der Waals surface area contributed by atoms with Gasteiger partial charge in [-0.1, -0.05) is 0 Å². The molecule has 12 heteroatoms. The minimum absolute atomic E-state index is 0.0913. The first kappa shape index (κ1) is 21.7. The maximum absolute atomic E-state index is 12.8. The molecule has 1 aromatic heterocycles. The lowest BCUT2D eigenvalue weighted by molar-refractivity contribution is -0.140. The highest BCUT2D eigenvalue weighted by atomic mass is 32.1. The van der Waals surface area contributed by atoms with Crippen LogP contribution in [0.4, 0.5) is 0 Å². The molecule has 0 bridgehead atoms. The lowest BCUT2D eigenvalue weighted by Gasteiger charge is -2.27. The molecule has 3 amide bonds. The van der Waals surface area contributed by atoms with Gasteiger partial charge in [0.25, 0.3) is 0 Å². The molecule has 154 valence electrons. The first-order chi connectivity index (χ1) is 13.3. The molecule has 2 heterocycles. The number of carbonyl (C=O) groups excluding carboxylic acids is 3. The molecule has 11 nitrogen and oxygen atoms in total. The van der Waals surface area contributed by atoms with Gasteiger partial charge in [-0.15, -0.1) is 0 Å². The molecule has 0 spiro atoms. The van der Waals surface area contributed by atoms with Gasteiger partial charge in [0, 0.05) is 30.6 Å². The second-order valence-electron chi connectivity index (χ2n) is 6.43. The fourth-order valence-corrected chi connectivity index (χ4v) is 3.13. The smallest absolute Gasteiger partial charge is 0.322 e. The summed E-state index contributed by atoms with van der Waals surface area (Å²) in [5.74, 6) is -2.55. The van der Waals surface area contributed by atoms with Crippen LogP contribution in [-0.4, -0.2) is 80.6 Å². The van der Waals surface area contributed by atoms with Crippen molar-refractivity contribution in [3.8, 4) is 0 Å². The number of rotatable bonds is 9. The zero-order chi connectivity index (χ0) is 20.7. The number of nitrogens with zero attached hydrogens (tertiary/aromatic N) is 2. The molecule has 6 N–H and O–H groups in total. The molecule has 1 aliphatic rings. The number of nitrogens with one attached hydrogen (secondary N) is 3. The summed E-state index contributed by atoms with van der Waals surface area (Å²) in [6.45, 7) is -0.173. The van der Waals surface area contributed by atoms with Gasteiger partial charge in [0.05, 0.1) is 12.4 Å². The fourth-order valence-electron chi connectivity index (χ4n) is 2.97. The molecule has 28 heavy (non-hydrogen) atoms. The topological polar surface area (TPSA) is 171 Å². The number of hydrogen-bond acceptors (Lipinski definition) is 7. The van der Waals surface area contributed by atoms with Crippen molar-refractivity contribution < 1.29 is 24.3 Å². The van der Waals surface area contributed by atoms with Crippen LogP contribution >= 0.6 is 12.6 Å². The number of carboxylic acid groups (broad SMARTS) is 1. The number of imidazole rings is 1. The number of aromatic nitrogens is 2. The van der Waals surface area contributed by atoms with E-state index in [1.54, 1.807) is 0 Å². The summed E-state index contributed by atoms with van der Waals surface area (Å²) in [7, 11) is 0. The Morgan fingerprint density at radius 3 is 2.79 bits per heavy atom. The van der Waals surface area contributed by atoms with Gasteiger partial charge in [-0.2, -0.15) is 12.6 Å². The molecule has 1 aliphatic heterocycles. The highest BCUT2D eigenvalue weighted by Crippen LogP contribution is 2.19. The molecule has 1 saturated heterocycles. The Balaban J connectivity index is 2.08. The number of likely N-dealkylation sites (tertiary alicyclic amines) is 1. The van der Waals surface area contributed by atoms with E-state index in [9.17, 15) is 19.2 Å². The summed E-state index contributed by atoms with van der Waals surface area (Å²) in [5.41, 5.74) is 6.33. The van der Waals surface area contributed by atoms with Crippen LogP contribution in [0, 0.1) is 0 Å². The van der Waals surface area contributed by atoms with Crippen LogP contribution in [0.2, 0.25) is 0 Å². The van der Waals surface area contributed by atoms with Gasteiger partial charge in [-0.3, -0.25) is 19.2 Å². The monoisotopic (exact) mass is 412 g/mol. The van der Waals surface area contributed by atoms with Gasteiger partial charge < -0.3 is 31.4 Å². The summed E-state index contributed by atoms with van der Waals surface area (Å²) in [6, 6.07) is -2.57. The van der Waals surface area contributed by atoms with Crippen LogP contribution < -0.4 is 16.4 Å². The van der Waals surface area contributed by atoms with Crippen molar-refractivity contribution >= 4 is 36.3 Å². The number of hydrogen-bond donors (Lipinski definition) is 6. The summed E-state index contributed by atoms with van der Waals surface area (Å²) in [4.78, 5) is 56.3. The molecule has 0 saturated carbocycles. The molecule has 3 atom stereocenters.